The van der Waals surface area contributed by atoms with Crippen LogP contribution in [0.4, 0.5) is 14.5 Å². The molecule has 9 heteroatoms. The Morgan fingerprint density at radius 3 is 2.68 bits per heavy atom. The quantitative estimate of drug-likeness (QED) is 0.572. The normalized spacial score (nSPS) is 12.0. The van der Waals surface area contributed by atoms with Gasteiger partial charge in [-0.05, 0) is 18.2 Å². The predicted molar refractivity (Wildman–Crippen MR) is 70.6 cm³/mol. The fourth-order valence-electron chi connectivity index (χ4n) is 1.26. The number of benzene rings is 1. The Bertz CT molecular complexity index is 526. The summed E-state index contributed by atoms with van der Waals surface area (Å²) in [6, 6.07) is 4.35. The van der Waals surface area contributed by atoms with Crippen molar-refractivity contribution in [2.24, 2.45) is 0 Å². The maximum absolute atomic E-state index is 11.9. The Balaban J connectivity index is 2.56. The van der Waals surface area contributed by atoms with Crippen LogP contribution >= 0.6 is 15.9 Å². The lowest BCUT2D eigenvalue weighted by molar-refractivity contribution is 0.0199. The summed E-state index contributed by atoms with van der Waals surface area (Å²) >= 11 is 3.16. The van der Waals surface area contributed by atoms with E-state index in [0.29, 0.717) is 4.47 Å². The molecule has 1 aromatic carbocycles. The molecule has 0 fully saturated rings. The van der Waals surface area contributed by atoms with Crippen molar-refractivity contribution in [3.05, 3.63) is 22.7 Å². The van der Waals surface area contributed by atoms with Crippen molar-refractivity contribution >= 4 is 31.6 Å². The first kappa shape index (κ1) is 16.3. The average molecular weight is 359 g/mol. The number of alkyl halides is 2. The monoisotopic (exact) mass is 358 g/mol. The van der Waals surface area contributed by atoms with Crippen LogP contribution in [0.3, 0.4) is 0 Å². The second kappa shape index (κ2) is 7.13. The molecule has 19 heavy (non-hydrogen) atoms. The van der Waals surface area contributed by atoms with Gasteiger partial charge in [-0.2, -0.15) is 0 Å². The van der Waals surface area contributed by atoms with E-state index in [1.54, 1.807) is 0 Å². The highest BCUT2D eigenvalue weighted by Crippen LogP contribution is 2.22. The van der Waals surface area contributed by atoms with Gasteiger partial charge in [0.15, 0.2) is 0 Å². The van der Waals surface area contributed by atoms with Crippen LogP contribution in [0.25, 0.3) is 0 Å². The Hall–Kier alpha value is -0.770. The summed E-state index contributed by atoms with van der Waals surface area (Å²) in [5, 5.41) is 0. The first-order valence-electron chi connectivity index (χ1n) is 5.23. The van der Waals surface area contributed by atoms with E-state index < -0.39 is 23.1 Å². The zero-order valence-corrected chi connectivity index (χ0v) is 12.2. The lowest BCUT2D eigenvalue weighted by Gasteiger charge is -2.09. The van der Waals surface area contributed by atoms with Crippen molar-refractivity contribution < 1.29 is 21.9 Å². The molecule has 0 radical (unpaired) electrons. The van der Waals surface area contributed by atoms with E-state index in [9.17, 15) is 17.2 Å². The Morgan fingerprint density at radius 1 is 1.42 bits per heavy atom. The number of hydrogen-bond acceptors (Lipinski definition) is 4. The van der Waals surface area contributed by atoms with E-state index in [4.69, 9.17) is 5.73 Å². The zero-order valence-electron chi connectivity index (χ0n) is 9.77. The molecule has 1 aromatic rings. The molecule has 108 valence electrons. The van der Waals surface area contributed by atoms with Gasteiger partial charge >= 0.3 is 0 Å². The minimum atomic E-state index is -3.77. The number of nitrogen functional groups attached to an aromatic ring is 1. The topological polar surface area (TPSA) is 81.4 Å². The van der Waals surface area contributed by atoms with Crippen LogP contribution in [-0.4, -0.2) is 34.6 Å². The van der Waals surface area contributed by atoms with E-state index in [1.165, 1.54) is 18.2 Å². The van der Waals surface area contributed by atoms with E-state index in [1.807, 2.05) is 0 Å². The van der Waals surface area contributed by atoms with Crippen LogP contribution in [0.2, 0.25) is 0 Å². The fraction of sp³-hybridized carbons (Fsp3) is 0.400. The number of anilines is 1. The first-order valence-corrected chi connectivity index (χ1v) is 7.51. The molecular weight excluding hydrogens is 346 g/mol. The molecule has 1 rings (SSSR count). The summed E-state index contributed by atoms with van der Waals surface area (Å²) in [6.45, 7) is -0.966. The summed E-state index contributed by atoms with van der Waals surface area (Å²) in [4.78, 5) is -0.0652. The maximum Gasteiger partial charge on any atom is 0.261 e. The number of hydrogen-bond donors (Lipinski definition) is 2. The van der Waals surface area contributed by atoms with Crippen LogP contribution in [0.1, 0.15) is 0 Å². The largest absolute Gasteiger partial charge is 0.398 e. The van der Waals surface area contributed by atoms with Crippen molar-refractivity contribution in [2.75, 3.05) is 25.5 Å². The highest BCUT2D eigenvalue weighted by Gasteiger charge is 2.16. The number of nitrogens with two attached hydrogens (primary N) is 1. The predicted octanol–water partition coefficient (Wildman–Crippen LogP) is 1.59. The van der Waals surface area contributed by atoms with Crippen LogP contribution < -0.4 is 10.5 Å². The number of sulfonamides is 1. The van der Waals surface area contributed by atoms with E-state index in [2.05, 4.69) is 25.4 Å². The molecule has 0 aliphatic carbocycles. The first-order chi connectivity index (χ1) is 8.83. The number of ether oxygens (including phenoxy) is 1. The third-order valence-corrected chi connectivity index (χ3v) is 4.07. The zero-order chi connectivity index (χ0) is 14.5. The van der Waals surface area contributed by atoms with Gasteiger partial charge < -0.3 is 10.5 Å². The van der Waals surface area contributed by atoms with Gasteiger partial charge in [0.25, 0.3) is 6.43 Å². The van der Waals surface area contributed by atoms with Crippen molar-refractivity contribution in [3.8, 4) is 0 Å². The smallest absolute Gasteiger partial charge is 0.261 e. The number of halogens is 3. The standard InChI is InChI=1S/C10H13BrF2N2O3S/c11-7-1-2-9(8(14)5-7)19(16,17)15-3-4-18-6-10(12)13/h1-2,5,10,15H,3-4,6,14H2. The van der Waals surface area contributed by atoms with Crippen molar-refractivity contribution in [1.82, 2.24) is 4.72 Å². The summed E-state index contributed by atoms with van der Waals surface area (Å²) in [5.74, 6) is 0. The van der Waals surface area contributed by atoms with Crippen molar-refractivity contribution in [1.29, 1.82) is 0 Å². The van der Waals surface area contributed by atoms with Gasteiger partial charge in [-0.1, -0.05) is 15.9 Å². The van der Waals surface area contributed by atoms with Crippen molar-refractivity contribution in [2.45, 2.75) is 11.3 Å². The van der Waals surface area contributed by atoms with Gasteiger partial charge in [0.1, 0.15) is 11.5 Å². The molecule has 0 heterocycles. The lowest BCUT2D eigenvalue weighted by Crippen LogP contribution is -2.28. The molecule has 0 saturated heterocycles. The number of nitrogens with one attached hydrogen (secondary N) is 1. The van der Waals surface area contributed by atoms with E-state index >= 15 is 0 Å². The maximum atomic E-state index is 11.9. The minimum Gasteiger partial charge on any atom is -0.398 e. The third kappa shape index (κ3) is 5.39. The van der Waals surface area contributed by atoms with Crippen LogP contribution in [-0.2, 0) is 14.8 Å². The SMILES string of the molecule is Nc1cc(Br)ccc1S(=O)(=O)NCCOCC(F)F. The van der Waals surface area contributed by atoms with Gasteiger partial charge in [0, 0.05) is 11.0 Å². The molecule has 0 amide bonds. The Morgan fingerprint density at radius 2 is 2.11 bits per heavy atom. The molecule has 3 N–H and O–H groups in total. The third-order valence-electron chi connectivity index (χ3n) is 2.04. The van der Waals surface area contributed by atoms with Crippen molar-refractivity contribution in [3.63, 3.8) is 0 Å². The van der Waals surface area contributed by atoms with Gasteiger partial charge in [0.2, 0.25) is 10.0 Å². The summed E-state index contributed by atoms with van der Waals surface area (Å²) in [7, 11) is -3.77. The molecule has 0 aromatic heterocycles. The lowest BCUT2D eigenvalue weighted by atomic mass is 10.3. The van der Waals surface area contributed by atoms with Gasteiger partial charge in [-0.25, -0.2) is 21.9 Å². The number of rotatable bonds is 7. The van der Waals surface area contributed by atoms with Gasteiger partial charge in [0.05, 0.1) is 12.3 Å². The highest BCUT2D eigenvalue weighted by atomic mass is 79.9. The Kier molecular flexibility index (Phi) is 6.11. The van der Waals surface area contributed by atoms with Crippen LogP contribution in [0, 0.1) is 0 Å². The van der Waals surface area contributed by atoms with Crippen LogP contribution in [0.15, 0.2) is 27.6 Å². The molecule has 0 spiro atoms. The molecule has 5 nitrogen and oxygen atoms in total. The molecule has 0 bridgehead atoms. The fourth-order valence-corrected chi connectivity index (χ4v) is 2.77. The Labute approximate surface area is 118 Å². The van der Waals surface area contributed by atoms with Gasteiger partial charge in [-0.15, -0.1) is 0 Å². The second-order valence-electron chi connectivity index (χ2n) is 3.55. The minimum absolute atomic E-state index is 0.0652. The summed E-state index contributed by atoms with van der Waals surface area (Å²) in [5.41, 5.74) is 5.69. The molecule has 0 saturated carbocycles. The highest BCUT2D eigenvalue weighted by molar-refractivity contribution is 9.10. The van der Waals surface area contributed by atoms with Crippen LogP contribution in [0.5, 0.6) is 0 Å². The average Bonchev–Trinajstić information content (AvgIpc) is 2.27. The molecular formula is C10H13BrF2N2O3S. The molecule has 0 atom stereocenters. The second-order valence-corrected chi connectivity index (χ2v) is 6.20. The molecule has 0 unspecified atom stereocenters. The van der Waals surface area contributed by atoms with E-state index in [-0.39, 0.29) is 23.7 Å². The molecule has 0 aliphatic rings. The van der Waals surface area contributed by atoms with Gasteiger partial charge in [-0.3, -0.25) is 0 Å². The molecule has 0 aliphatic heterocycles. The summed E-state index contributed by atoms with van der Waals surface area (Å²) < 4.78 is 54.7. The summed E-state index contributed by atoms with van der Waals surface area (Å²) in [6.07, 6.45) is -2.57. The van der Waals surface area contributed by atoms with E-state index in [0.717, 1.165) is 0 Å².